The molecule has 144 valence electrons. The first-order chi connectivity index (χ1) is 12.3. The molecule has 0 spiro atoms. The Kier molecular flexibility index (Phi) is 9.18. The molecule has 1 aromatic carbocycles. The van der Waals surface area contributed by atoms with E-state index < -0.39 is 5.92 Å². The van der Waals surface area contributed by atoms with Crippen molar-refractivity contribution in [2.24, 2.45) is 16.9 Å². The van der Waals surface area contributed by atoms with Gasteiger partial charge in [0.1, 0.15) is 0 Å². The van der Waals surface area contributed by atoms with Gasteiger partial charge >= 0.3 is 0 Å². The smallest absolute Gasteiger partial charge is 0.234 e. The van der Waals surface area contributed by atoms with Gasteiger partial charge < -0.3 is 10.2 Å². The number of para-hydroxylation sites is 1. The third-order valence-corrected chi connectivity index (χ3v) is 4.56. The number of nitrogens with zero attached hydrogens (tertiary/aromatic N) is 2. The molecule has 1 rings (SSSR count). The molecule has 0 saturated heterocycles. The first-order valence-corrected chi connectivity index (χ1v) is 9.14. The zero-order valence-corrected chi connectivity index (χ0v) is 17.0. The number of hydrogen-bond acceptors (Lipinski definition) is 5. The Morgan fingerprint density at radius 2 is 1.85 bits per heavy atom. The van der Waals surface area contributed by atoms with Crippen molar-refractivity contribution in [1.29, 1.82) is 0 Å². The van der Waals surface area contributed by atoms with Gasteiger partial charge in [0, 0.05) is 17.9 Å². The van der Waals surface area contributed by atoms with Gasteiger partial charge in [-0.3, -0.25) is 15.6 Å². The van der Waals surface area contributed by atoms with E-state index in [1.54, 1.807) is 0 Å². The zero-order valence-electron chi connectivity index (χ0n) is 16.2. The molecule has 7 nitrogen and oxygen atoms in total. The number of amides is 1. The molecule has 26 heavy (non-hydrogen) atoms. The maximum absolute atomic E-state index is 13.0. The van der Waals surface area contributed by atoms with Gasteiger partial charge in [-0.05, 0) is 57.2 Å². The van der Waals surface area contributed by atoms with E-state index in [1.165, 1.54) is 0 Å². The highest BCUT2D eigenvalue weighted by molar-refractivity contribution is 7.80. The van der Waals surface area contributed by atoms with E-state index in [0.29, 0.717) is 12.3 Å². The monoisotopic (exact) mass is 378 g/mol. The number of carbonyl (C=O) groups is 1. The minimum Gasteiger partial charge on any atom is -0.325 e. The van der Waals surface area contributed by atoms with Crippen molar-refractivity contribution in [1.82, 2.24) is 15.8 Å². The van der Waals surface area contributed by atoms with Crippen molar-refractivity contribution in [2.75, 3.05) is 25.0 Å². The van der Waals surface area contributed by atoms with Gasteiger partial charge in [-0.25, -0.2) is 5.84 Å². The summed E-state index contributed by atoms with van der Waals surface area (Å²) < 4.78 is 0. The number of benzene rings is 1. The molecule has 0 heterocycles. The first kappa shape index (κ1) is 22.0. The molecule has 8 heteroatoms. The molecule has 5 N–H and O–H groups in total. The Balaban J connectivity index is 3.06. The second-order valence-electron chi connectivity index (χ2n) is 6.13. The predicted molar refractivity (Wildman–Crippen MR) is 112 cm³/mol. The zero-order chi connectivity index (χ0) is 19.7. The van der Waals surface area contributed by atoms with Crippen LogP contribution in [0.1, 0.15) is 31.9 Å². The molecule has 0 saturated carbocycles. The highest BCUT2D eigenvalue weighted by Crippen LogP contribution is 2.20. The molecule has 0 fully saturated rings. The van der Waals surface area contributed by atoms with Crippen molar-refractivity contribution in [3.05, 3.63) is 29.3 Å². The lowest BCUT2D eigenvalue weighted by molar-refractivity contribution is -0.118. The number of anilines is 1. The van der Waals surface area contributed by atoms with E-state index in [0.717, 1.165) is 29.9 Å². The Hall–Kier alpha value is -2.03. The van der Waals surface area contributed by atoms with Crippen LogP contribution in [0.5, 0.6) is 0 Å². The number of nitrogens with one attached hydrogen (secondary N) is 3. The average molecular weight is 379 g/mol. The lowest BCUT2D eigenvalue weighted by Gasteiger charge is -2.25. The Morgan fingerprint density at radius 3 is 2.35 bits per heavy atom. The Labute approximate surface area is 161 Å². The first-order valence-electron chi connectivity index (χ1n) is 8.74. The molecule has 1 amide bonds. The topological polar surface area (TPSA) is 94.8 Å². The van der Waals surface area contributed by atoms with Crippen LogP contribution in [0.25, 0.3) is 0 Å². The number of nitrogens with two attached hydrogens (primary N) is 1. The number of hydrazine groups is 1. The summed E-state index contributed by atoms with van der Waals surface area (Å²) in [6, 6.07) is 5.94. The molecule has 0 aliphatic heterocycles. The summed E-state index contributed by atoms with van der Waals surface area (Å²) in [7, 11) is 0. The van der Waals surface area contributed by atoms with Gasteiger partial charge in [0.25, 0.3) is 0 Å². The minimum absolute atomic E-state index is 0.0935. The number of carbonyl (C=O) groups excluding carboxylic acids is 1. The third kappa shape index (κ3) is 6.36. The second kappa shape index (κ2) is 10.8. The van der Waals surface area contributed by atoms with Crippen molar-refractivity contribution in [3.63, 3.8) is 0 Å². The van der Waals surface area contributed by atoms with Gasteiger partial charge in [-0.2, -0.15) is 5.10 Å². The average Bonchev–Trinajstić information content (AvgIpc) is 2.63. The minimum atomic E-state index is -0.415. The van der Waals surface area contributed by atoms with Gasteiger partial charge in [-0.15, -0.1) is 0 Å². The van der Waals surface area contributed by atoms with Gasteiger partial charge in [0.05, 0.1) is 5.92 Å². The molecule has 1 aromatic rings. The predicted octanol–water partition coefficient (Wildman–Crippen LogP) is 1.91. The van der Waals surface area contributed by atoms with E-state index in [1.807, 2.05) is 39.0 Å². The maximum atomic E-state index is 13.0. The van der Waals surface area contributed by atoms with Crippen LogP contribution in [0.4, 0.5) is 5.69 Å². The SMILES string of the molecule is CCN(CC)C[C@H](C(=O)Nc1c(C)cccc1C)/C(C)=N\NC(=S)NN. The number of aryl methyl sites for hydroxylation is 2. The standard InChI is InChI=1S/C18H30N6OS/c1-6-24(7-2)11-15(14(5)22-23-18(26)21-19)17(25)20-16-12(3)9-8-10-13(16)4/h8-10,15H,6-7,11,19H2,1-5H3,(H,20,25)(H2,21,23,26)/b22-14-/t15-/m0/s1. The highest BCUT2D eigenvalue weighted by Gasteiger charge is 2.25. The van der Waals surface area contributed by atoms with E-state index in [4.69, 9.17) is 18.1 Å². The Bertz CT molecular complexity index is 637. The molecule has 0 aromatic heterocycles. The van der Waals surface area contributed by atoms with Crippen LogP contribution < -0.4 is 22.0 Å². The molecule has 0 unspecified atom stereocenters. The van der Waals surface area contributed by atoms with E-state index in [9.17, 15) is 4.79 Å². The van der Waals surface area contributed by atoms with Gasteiger partial charge in [0.2, 0.25) is 11.0 Å². The molecular weight excluding hydrogens is 348 g/mol. The quantitative estimate of drug-likeness (QED) is 0.239. The normalized spacial score (nSPS) is 12.7. The fourth-order valence-corrected chi connectivity index (χ4v) is 2.66. The second-order valence-corrected chi connectivity index (χ2v) is 6.54. The molecule has 0 aliphatic carbocycles. The molecule has 0 radical (unpaired) electrons. The summed E-state index contributed by atoms with van der Waals surface area (Å²) in [6.45, 7) is 12.2. The lowest BCUT2D eigenvalue weighted by atomic mass is 10.0. The van der Waals surface area contributed by atoms with Gasteiger partial charge in [-0.1, -0.05) is 32.0 Å². The summed E-state index contributed by atoms with van der Waals surface area (Å²) in [5.41, 5.74) is 8.50. The highest BCUT2D eigenvalue weighted by atomic mass is 32.1. The largest absolute Gasteiger partial charge is 0.325 e. The summed E-state index contributed by atoms with van der Waals surface area (Å²) in [5.74, 6) is 4.73. The maximum Gasteiger partial charge on any atom is 0.234 e. The van der Waals surface area contributed by atoms with E-state index in [-0.39, 0.29) is 11.0 Å². The fraction of sp³-hybridized carbons (Fsp3) is 0.500. The fourth-order valence-electron chi connectivity index (χ4n) is 2.62. The number of hydrazone groups is 1. The van der Waals surface area contributed by atoms with Crippen molar-refractivity contribution >= 4 is 34.6 Å². The van der Waals surface area contributed by atoms with Crippen LogP contribution in [0.15, 0.2) is 23.3 Å². The Morgan fingerprint density at radius 1 is 1.27 bits per heavy atom. The third-order valence-electron chi connectivity index (χ3n) is 4.35. The van der Waals surface area contributed by atoms with Crippen LogP contribution in [-0.4, -0.2) is 41.3 Å². The molecular formula is C18H30N6OS. The van der Waals surface area contributed by atoms with Crippen LogP contribution in [-0.2, 0) is 4.79 Å². The number of hydrogen-bond donors (Lipinski definition) is 4. The van der Waals surface area contributed by atoms with E-state index >= 15 is 0 Å². The summed E-state index contributed by atoms with van der Waals surface area (Å²) >= 11 is 4.93. The summed E-state index contributed by atoms with van der Waals surface area (Å²) in [6.07, 6.45) is 0. The number of thiocarbonyl (C=S) groups is 1. The molecule has 0 aliphatic rings. The molecule has 0 bridgehead atoms. The molecule has 1 atom stereocenters. The lowest BCUT2D eigenvalue weighted by Crippen LogP contribution is -2.42. The van der Waals surface area contributed by atoms with E-state index in [2.05, 4.69) is 40.0 Å². The van der Waals surface area contributed by atoms with Crippen molar-refractivity contribution in [3.8, 4) is 0 Å². The van der Waals surface area contributed by atoms with Gasteiger partial charge in [0.15, 0.2) is 0 Å². The summed E-state index contributed by atoms with van der Waals surface area (Å²) in [4.78, 5) is 15.2. The summed E-state index contributed by atoms with van der Waals surface area (Å²) in [5, 5.41) is 7.48. The van der Waals surface area contributed by atoms with Crippen molar-refractivity contribution < 1.29 is 4.79 Å². The van der Waals surface area contributed by atoms with Crippen LogP contribution in [0.2, 0.25) is 0 Å². The van der Waals surface area contributed by atoms with Crippen molar-refractivity contribution in [2.45, 2.75) is 34.6 Å². The number of rotatable bonds is 8. The van der Waals surface area contributed by atoms with Crippen LogP contribution in [0.3, 0.4) is 0 Å². The van der Waals surface area contributed by atoms with Crippen LogP contribution in [0, 0.1) is 19.8 Å². The van der Waals surface area contributed by atoms with Crippen LogP contribution >= 0.6 is 12.2 Å².